The van der Waals surface area contributed by atoms with E-state index < -0.39 is 0 Å². The molecule has 1 unspecified atom stereocenters. The number of methoxy groups -OCH3 is 2. The normalized spacial score (nSPS) is 11.7. The van der Waals surface area contributed by atoms with Gasteiger partial charge in [0.25, 0.3) is 0 Å². The lowest BCUT2D eigenvalue weighted by atomic mass is 10.1. The van der Waals surface area contributed by atoms with Crippen LogP contribution in [0.25, 0.3) is 0 Å². The monoisotopic (exact) mass is 263 g/mol. The van der Waals surface area contributed by atoms with Gasteiger partial charge in [-0.25, -0.2) is 0 Å². The summed E-state index contributed by atoms with van der Waals surface area (Å²) in [6, 6.07) is 7.60. The van der Waals surface area contributed by atoms with Crippen molar-refractivity contribution < 1.29 is 9.47 Å². The van der Waals surface area contributed by atoms with E-state index in [2.05, 4.69) is 11.4 Å². The third-order valence-corrected chi connectivity index (χ3v) is 2.81. The average molecular weight is 263 g/mol. The van der Waals surface area contributed by atoms with E-state index in [1.165, 1.54) is 0 Å². The Morgan fingerprint density at radius 3 is 2.79 bits per heavy atom. The molecule has 5 heteroatoms. The molecule has 104 valence electrons. The summed E-state index contributed by atoms with van der Waals surface area (Å²) in [5.74, 6) is 0.660. The van der Waals surface area contributed by atoms with Crippen LogP contribution >= 0.6 is 0 Å². The molecule has 0 aliphatic rings. The second kappa shape index (κ2) is 8.35. The van der Waals surface area contributed by atoms with Crippen molar-refractivity contribution in [1.29, 1.82) is 5.26 Å². The Labute approximate surface area is 114 Å². The summed E-state index contributed by atoms with van der Waals surface area (Å²) < 4.78 is 10.5. The largest absolute Gasteiger partial charge is 0.495 e. The summed E-state index contributed by atoms with van der Waals surface area (Å²) in [4.78, 5) is 0. The van der Waals surface area contributed by atoms with Gasteiger partial charge in [-0.05, 0) is 31.5 Å². The number of nitriles is 1. The van der Waals surface area contributed by atoms with Crippen LogP contribution in [0.5, 0.6) is 5.75 Å². The summed E-state index contributed by atoms with van der Waals surface area (Å²) in [5.41, 5.74) is 6.97. The Morgan fingerprint density at radius 1 is 1.42 bits per heavy atom. The van der Waals surface area contributed by atoms with E-state index in [-0.39, 0.29) is 6.04 Å². The molecule has 1 aromatic carbocycles. The maximum absolute atomic E-state index is 8.87. The number of ether oxygens (including phenoxy) is 2. The molecule has 5 nitrogen and oxygen atoms in total. The fourth-order valence-electron chi connectivity index (χ4n) is 1.86. The van der Waals surface area contributed by atoms with Gasteiger partial charge < -0.3 is 20.5 Å². The predicted octanol–water partition coefficient (Wildman–Crippen LogP) is 1.73. The van der Waals surface area contributed by atoms with Gasteiger partial charge in [-0.1, -0.05) is 0 Å². The van der Waals surface area contributed by atoms with E-state index in [1.54, 1.807) is 26.4 Å². The number of rotatable bonds is 8. The molecule has 0 radical (unpaired) electrons. The summed E-state index contributed by atoms with van der Waals surface area (Å²) in [6.45, 7) is 1.26. The van der Waals surface area contributed by atoms with Crippen molar-refractivity contribution in [2.24, 2.45) is 5.73 Å². The highest BCUT2D eigenvalue weighted by molar-refractivity contribution is 5.59. The van der Waals surface area contributed by atoms with E-state index in [0.29, 0.717) is 24.5 Å². The topological polar surface area (TPSA) is 80.3 Å². The molecular weight excluding hydrogens is 242 g/mol. The van der Waals surface area contributed by atoms with Crippen molar-refractivity contribution in [3.63, 3.8) is 0 Å². The first-order valence-electron chi connectivity index (χ1n) is 6.28. The Bertz CT molecular complexity index is 429. The summed E-state index contributed by atoms with van der Waals surface area (Å²) >= 11 is 0. The molecule has 0 spiro atoms. The van der Waals surface area contributed by atoms with Crippen LogP contribution in [0.15, 0.2) is 18.2 Å². The molecule has 0 saturated carbocycles. The lowest BCUT2D eigenvalue weighted by Gasteiger charge is -2.20. The second-order valence-corrected chi connectivity index (χ2v) is 4.25. The Balaban J connectivity index is 2.80. The first-order chi connectivity index (χ1) is 9.24. The number of nitrogens with zero attached hydrogens (tertiary/aromatic N) is 1. The summed E-state index contributed by atoms with van der Waals surface area (Å²) in [7, 11) is 3.26. The van der Waals surface area contributed by atoms with Crippen molar-refractivity contribution in [2.75, 3.05) is 32.7 Å². The first kappa shape index (κ1) is 15.3. The number of nitrogens with one attached hydrogen (secondary N) is 1. The highest BCUT2D eigenvalue weighted by Crippen LogP contribution is 2.26. The van der Waals surface area contributed by atoms with Crippen molar-refractivity contribution in [1.82, 2.24) is 0 Å². The minimum Gasteiger partial charge on any atom is -0.495 e. The fraction of sp³-hybridized carbons (Fsp3) is 0.500. The maximum atomic E-state index is 8.87. The molecule has 0 aliphatic carbocycles. The quantitative estimate of drug-likeness (QED) is 0.746. The zero-order chi connectivity index (χ0) is 14.1. The van der Waals surface area contributed by atoms with Crippen molar-refractivity contribution in [3.8, 4) is 11.8 Å². The van der Waals surface area contributed by atoms with Gasteiger partial charge in [0.05, 0.1) is 31.0 Å². The minimum atomic E-state index is 0.176. The molecule has 1 rings (SSSR count). The van der Waals surface area contributed by atoms with Crippen LogP contribution in [0.1, 0.15) is 18.4 Å². The van der Waals surface area contributed by atoms with Gasteiger partial charge in [0, 0.05) is 19.2 Å². The number of benzene rings is 1. The molecule has 0 heterocycles. The average Bonchev–Trinajstić information content (AvgIpc) is 2.45. The molecule has 1 aromatic rings. The lowest BCUT2D eigenvalue weighted by Crippen LogP contribution is -2.26. The van der Waals surface area contributed by atoms with Crippen molar-refractivity contribution >= 4 is 5.69 Å². The SMILES string of the molecule is COCC(CCCN)Nc1ccc(C#N)cc1OC. The van der Waals surface area contributed by atoms with Gasteiger partial charge >= 0.3 is 0 Å². The van der Waals surface area contributed by atoms with Crippen LogP contribution < -0.4 is 15.8 Å². The van der Waals surface area contributed by atoms with Gasteiger partial charge in [-0.15, -0.1) is 0 Å². The van der Waals surface area contributed by atoms with Gasteiger partial charge in [-0.2, -0.15) is 5.26 Å². The first-order valence-corrected chi connectivity index (χ1v) is 6.28. The van der Waals surface area contributed by atoms with Gasteiger partial charge in [0.2, 0.25) is 0 Å². The summed E-state index contributed by atoms with van der Waals surface area (Å²) in [6.07, 6.45) is 1.85. The molecule has 19 heavy (non-hydrogen) atoms. The molecule has 0 fully saturated rings. The zero-order valence-electron chi connectivity index (χ0n) is 11.5. The number of hydrogen-bond acceptors (Lipinski definition) is 5. The third kappa shape index (κ3) is 4.78. The number of anilines is 1. The molecule has 0 saturated heterocycles. The fourth-order valence-corrected chi connectivity index (χ4v) is 1.86. The molecular formula is C14H21N3O2. The minimum absolute atomic E-state index is 0.176. The van der Waals surface area contributed by atoms with Crippen LogP contribution in [-0.2, 0) is 4.74 Å². The molecule has 3 N–H and O–H groups in total. The summed E-state index contributed by atoms with van der Waals surface area (Å²) in [5, 5.41) is 12.2. The lowest BCUT2D eigenvalue weighted by molar-refractivity contribution is 0.182. The molecule has 1 atom stereocenters. The van der Waals surface area contributed by atoms with Crippen molar-refractivity contribution in [2.45, 2.75) is 18.9 Å². The smallest absolute Gasteiger partial charge is 0.143 e. The Morgan fingerprint density at radius 2 is 2.21 bits per heavy atom. The Kier molecular flexibility index (Phi) is 6.72. The number of hydrogen-bond donors (Lipinski definition) is 2. The number of nitrogens with two attached hydrogens (primary N) is 1. The standard InChI is InChI=1S/C14H21N3O2/c1-18-10-12(4-3-7-15)17-13-6-5-11(9-16)8-14(13)19-2/h5-6,8,12,17H,3-4,7,10,15H2,1-2H3. The molecule has 0 bridgehead atoms. The molecule has 0 aromatic heterocycles. The van der Waals surface area contributed by atoms with Crippen LogP contribution in [0.2, 0.25) is 0 Å². The van der Waals surface area contributed by atoms with Crippen LogP contribution in [0.3, 0.4) is 0 Å². The molecule has 0 aliphatic heterocycles. The highest BCUT2D eigenvalue weighted by atomic mass is 16.5. The van der Waals surface area contributed by atoms with Crippen LogP contribution in [0.4, 0.5) is 5.69 Å². The Hall–Kier alpha value is -1.77. The third-order valence-electron chi connectivity index (χ3n) is 2.81. The molecule has 0 amide bonds. The van der Waals surface area contributed by atoms with Crippen LogP contribution in [0, 0.1) is 11.3 Å². The van der Waals surface area contributed by atoms with E-state index in [9.17, 15) is 0 Å². The second-order valence-electron chi connectivity index (χ2n) is 4.25. The zero-order valence-corrected chi connectivity index (χ0v) is 11.5. The highest BCUT2D eigenvalue weighted by Gasteiger charge is 2.11. The van der Waals surface area contributed by atoms with Gasteiger partial charge in [-0.3, -0.25) is 0 Å². The van der Waals surface area contributed by atoms with Gasteiger partial charge in [0.15, 0.2) is 0 Å². The predicted molar refractivity (Wildman–Crippen MR) is 75.3 cm³/mol. The maximum Gasteiger partial charge on any atom is 0.143 e. The van der Waals surface area contributed by atoms with E-state index in [4.69, 9.17) is 20.5 Å². The van der Waals surface area contributed by atoms with Crippen molar-refractivity contribution in [3.05, 3.63) is 23.8 Å². The van der Waals surface area contributed by atoms with Crippen LogP contribution in [-0.4, -0.2) is 33.4 Å². The van der Waals surface area contributed by atoms with E-state index in [1.807, 2.05) is 6.07 Å². The van der Waals surface area contributed by atoms with E-state index >= 15 is 0 Å². The van der Waals surface area contributed by atoms with Gasteiger partial charge in [0.1, 0.15) is 5.75 Å². The van der Waals surface area contributed by atoms with E-state index in [0.717, 1.165) is 18.5 Å².